The third-order valence-electron chi connectivity index (χ3n) is 2.01. The van der Waals surface area contributed by atoms with Crippen molar-refractivity contribution in [3.05, 3.63) is 22.8 Å². The van der Waals surface area contributed by atoms with E-state index < -0.39 is 0 Å². The van der Waals surface area contributed by atoms with E-state index in [1.165, 1.54) is 0 Å². The number of anilines is 1. The van der Waals surface area contributed by atoms with Gasteiger partial charge in [-0.15, -0.1) is 0 Å². The Morgan fingerprint density at radius 2 is 2.29 bits per heavy atom. The van der Waals surface area contributed by atoms with E-state index in [0.717, 1.165) is 10.3 Å². The molecule has 1 heterocycles. The first-order valence-electron chi connectivity index (χ1n) is 5.33. The summed E-state index contributed by atoms with van der Waals surface area (Å²) in [6.07, 6.45) is 2.13. The minimum absolute atomic E-state index is 0.00617. The molecule has 0 aliphatic rings. The van der Waals surface area contributed by atoms with E-state index in [0.29, 0.717) is 26.1 Å². The summed E-state index contributed by atoms with van der Waals surface area (Å²) in [5, 5.41) is 5.82. The molecule has 0 aromatic carbocycles. The maximum absolute atomic E-state index is 11.3. The quantitative estimate of drug-likeness (QED) is 0.748. The summed E-state index contributed by atoms with van der Waals surface area (Å²) in [5.41, 5.74) is 0. The topological polar surface area (TPSA) is 63.2 Å². The van der Waals surface area contributed by atoms with Crippen LogP contribution in [0.2, 0.25) is 0 Å². The number of rotatable bonds is 7. The summed E-state index contributed by atoms with van der Waals surface area (Å²) in [5.74, 6) is 0.768. The summed E-state index contributed by atoms with van der Waals surface area (Å²) < 4.78 is 5.76. The van der Waals surface area contributed by atoms with Crippen LogP contribution in [0, 0.1) is 0 Å². The van der Waals surface area contributed by atoms with Gasteiger partial charge in [0, 0.05) is 37.3 Å². The molecule has 1 aromatic heterocycles. The Morgan fingerprint density at radius 1 is 1.47 bits per heavy atom. The minimum atomic E-state index is 0.00617. The number of nitrogens with one attached hydrogen (secondary N) is 2. The molecule has 0 atom stereocenters. The van der Waals surface area contributed by atoms with Crippen LogP contribution in [0.5, 0.6) is 0 Å². The van der Waals surface area contributed by atoms with Gasteiger partial charge < -0.3 is 15.4 Å². The molecule has 2 N–H and O–H groups in total. The van der Waals surface area contributed by atoms with E-state index >= 15 is 0 Å². The predicted octanol–water partition coefficient (Wildman–Crippen LogP) is 1.41. The van der Waals surface area contributed by atoms with Crippen LogP contribution in [0.15, 0.2) is 22.8 Å². The second kappa shape index (κ2) is 8.03. The SMILES string of the molecule is COCCNC(=O)CCNc1ccc(Br)cn1. The lowest BCUT2D eigenvalue weighted by molar-refractivity contribution is -0.121. The second-order valence-corrected chi connectivity index (χ2v) is 4.30. The number of ether oxygens (including phenoxy) is 1. The third-order valence-corrected chi connectivity index (χ3v) is 2.48. The Kier molecular flexibility index (Phi) is 6.57. The van der Waals surface area contributed by atoms with Crippen molar-refractivity contribution in [3.63, 3.8) is 0 Å². The molecule has 94 valence electrons. The van der Waals surface area contributed by atoms with Crippen molar-refractivity contribution in [2.75, 3.05) is 32.1 Å². The summed E-state index contributed by atoms with van der Waals surface area (Å²) in [7, 11) is 1.60. The van der Waals surface area contributed by atoms with Crippen molar-refractivity contribution in [2.24, 2.45) is 0 Å². The van der Waals surface area contributed by atoms with Crippen LogP contribution in [0.1, 0.15) is 6.42 Å². The van der Waals surface area contributed by atoms with E-state index in [9.17, 15) is 4.79 Å². The molecule has 0 spiro atoms. The molecule has 0 radical (unpaired) electrons. The van der Waals surface area contributed by atoms with Crippen LogP contribution in [0.25, 0.3) is 0 Å². The van der Waals surface area contributed by atoms with Crippen LogP contribution in [-0.2, 0) is 9.53 Å². The zero-order chi connectivity index (χ0) is 12.5. The molecule has 0 aliphatic carbocycles. The van der Waals surface area contributed by atoms with Crippen LogP contribution < -0.4 is 10.6 Å². The highest BCUT2D eigenvalue weighted by atomic mass is 79.9. The Balaban J connectivity index is 2.14. The summed E-state index contributed by atoms with van der Waals surface area (Å²) in [6.45, 7) is 1.65. The first-order chi connectivity index (χ1) is 8.22. The largest absolute Gasteiger partial charge is 0.383 e. The van der Waals surface area contributed by atoms with Gasteiger partial charge in [-0.3, -0.25) is 4.79 Å². The van der Waals surface area contributed by atoms with Crippen LogP contribution in [0.4, 0.5) is 5.82 Å². The van der Waals surface area contributed by atoms with Gasteiger partial charge in [-0.25, -0.2) is 4.98 Å². The average Bonchev–Trinajstić information content (AvgIpc) is 2.32. The lowest BCUT2D eigenvalue weighted by atomic mass is 10.4. The summed E-state index contributed by atoms with van der Waals surface area (Å²) >= 11 is 3.31. The van der Waals surface area contributed by atoms with Crippen LogP contribution in [0.3, 0.4) is 0 Å². The van der Waals surface area contributed by atoms with Gasteiger partial charge in [0.1, 0.15) is 5.82 Å². The number of hydrogen-bond donors (Lipinski definition) is 2. The number of aromatic nitrogens is 1. The van der Waals surface area contributed by atoms with Crippen molar-refractivity contribution in [1.29, 1.82) is 0 Å². The highest BCUT2D eigenvalue weighted by Crippen LogP contribution is 2.10. The summed E-state index contributed by atoms with van der Waals surface area (Å²) in [4.78, 5) is 15.5. The molecule has 1 aromatic rings. The molecular formula is C11H16BrN3O2. The minimum Gasteiger partial charge on any atom is -0.383 e. The Bertz CT molecular complexity index is 343. The number of amides is 1. The van der Waals surface area contributed by atoms with Crippen molar-refractivity contribution in [1.82, 2.24) is 10.3 Å². The first kappa shape index (κ1) is 13.9. The average molecular weight is 302 g/mol. The van der Waals surface area contributed by atoms with E-state index in [4.69, 9.17) is 4.74 Å². The van der Waals surface area contributed by atoms with Crippen molar-refractivity contribution >= 4 is 27.7 Å². The molecule has 1 amide bonds. The Hall–Kier alpha value is -1.14. The molecule has 5 nitrogen and oxygen atoms in total. The molecule has 0 aliphatic heterocycles. The molecule has 1 rings (SSSR count). The van der Waals surface area contributed by atoms with Crippen LogP contribution in [-0.4, -0.2) is 37.7 Å². The number of pyridine rings is 1. The van der Waals surface area contributed by atoms with Crippen molar-refractivity contribution < 1.29 is 9.53 Å². The van der Waals surface area contributed by atoms with E-state index in [1.807, 2.05) is 12.1 Å². The molecule has 0 saturated carbocycles. The number of nitrogens with zero attached hydrogens (tertiary/aromatic N) is 1. The van der Waals surface area contributed by atoms with Gasteiger partial charge in [0.2, 0.25) is 5.91 Å². The second-order valence-electron chi connectivity index (χ2n) is 3.38. The molecular weight excluding hydrogens is 286 g/mol. The maximum Gasteiger partial charge on any atom is 0.221 e. The Morgan fingerprint density at radius 3 is 2.94 bits per heavy atom. The molecule has 0 bridgehead atoms. The van der Waals surface area contributed by atoms with Gasteiger partial charge >= 0.3 is 0 Å². The zero-order valence-corrected chi connectivity index (χ0v) is 11.3. The number of methoxy groups -OCH3 is 1. The molecule has 17 heavy (non-hydrogen) atoms. The van der Waals surface area contributed by atoms with E-state index in [2.05, 4.69) is 31.5 Å². The summed E-state index contributed by atoms with van der Waals surface area (Å²) in [6, 6.07) is 3.75. The van der Waals surface area contributed by atoms with Crippen LogP contribution >= 0.6 is 15.9 Å². The van der Waals surface area contributed by atoms with Gasteiger partial charge in [0.15, 0.2) is 0 Å². The van der Waals surface area contributed by atoms with Gasteiger partial charge in [-0.05, 0) is 28.1 Å². The van der Waals surface area contributed by atoms with E-state index in [-0.39, 0.29) is 5.91 Å². The smallest absolute Gasteiger partial charge is 0.221 e. The standard InChI is InChI=1S/C11H16BrN3O2/c1-17-7-6-14-11(16)4-5-13-10-3-2-9(12)8-15-10/h2-3,8H,4-7H2,1H3,(H,13,15)(H,14,16). The number of carbonyl (C=O) groups is 1. The lowest BCUT2D eigenvalue weighted by Crippen LogP contribution is -2.28. The molecule has 0 unspecified atom stereocenters. The zero-order valence-electron chi connectivity index (χ0n) is 9.70. The molecule has 0 saturated heterocycles. The predicted molar refractivity (Wildman–Crippen MR) is 69.9 cm³/mol. The van der Waals surface area contributed by atoms with Gasteiger partial charge in [-0.2, -0.15) is 0 Å². The Labute approximate surface area is 109 Å². The fourth-order valence-electron chi connectivity index (χ4n) is 1.17. The molecule has 6 heteroatoms. The third kappa shape index (κ3) is 6.23. The fraction of sp³-hybridized carbons (Fsp3) is 0.455. The number of halogens is 1. The highest BCUT2D eigenvalue weighted by Gasteiger charge is 2.00. The number of carbonyl (C=O) groups excluding carboxylic acids is 1. The van der Waals surface area contributed by atoms with Gasteiger partial charge in [0.25, 0.3) is 0 Å². The normalized spacial score (nSPS) is 10.0. The first-order valence-corrected chi connectivity index (χ1v) is 6.12. The van der Waals surface area contributed by atoms with Crippen molar-refractivity contribution in [2.45, 2.75) is 6.42 Å². The van der Waals surface area contributed by atoms with E-state index in [1.54, 1.807) is 13.3 Å². The monoisotopic (exact) mass is 301 g/mol. The number of hydrogen-bond acceptors (Lipinski definition) is 4. The van der Waals surface area contributed by atoms with Crippen molar-refractivity contribution in [3.8, 4) is 0 Å². The fourth-order valence-corrected chi connectivity index (χ4v) is 1.40. The van der Waals surface area contributed by atoms with Gasteiger partial charge in [-0.1, -0.05) is 0 Å². The van der Waals surface area contributed by atoms with Gasteiger partial charge in [0.05, 0.1) is 6.61 Å². The molecule has 0 fully saturated rings. The lowest BCUT2D eigenvalue weighted by Gasteiger charge is -2.06. The maximum atomic E-state index is 11.3. The highest BCUT2D eigenvalue weighted by molar-refractivity contribution is 9.10.